The first-order valence-electron chi connectivity index (χ1n) is 16.0. The standard InChI is InChI=1S/C31H47N5O4.C2H6/c1-6-36-27(11-15-33-36)24-7-8-26(29(17-24)40-16-12-23-9-13-32-14-10-23)22(5)34-30(38)28-18-25(37)19-35(28)31(39)21(4)20(2)3;1-2/h7-8,11,15,17,20-23,25,28,32,37H,6,9-10,12-14,16,18-19H2,1-5H3,(H,34,38);1-2H3. The van der Waals surface area contributed by atoms with Crippen molar-refractivity contribution in [3.8, 4) is 17.0 Å². The number of likely N-dealkylation sites (tertiary alicyclic amines) is 1. The van der Waals surface area contributed by atoms with Gasteiger partial charge in [-0.1, -0.05) is 46.8 Å². The van der Waals surface area contributed by atoms with E-state index in [0.29, 0.717) is 12.5 Å². The van der Waals surface area contributed by atoms with Crippen molar-refractivity contribution in [3.05, 3.63) is 36.0 Å². The number of ether oxygens (including phenoxy) is 1. The predicted molar refractivity (Wildman–Crippen MR) is 167 cm³/mol. The Hall–Kier alpha value is -2.91. The third-order valence-corrected chi connectivity index (χ3v) is 8.65. The number of aliphatic hydroxyl groups excluding tert-OH is 1. The molecule has 0 spiro atoms. The lowest BCUT2D eigenvalue weighted by molar-refractivity contribution is -0.142. The van der Waals surface area contributed by atoms with Crippen LogP contribution in [0.5, 0.6) is 5.75 Å². The molecule has 0 bridgehead atoms. The average molecular weight is 584 g/mol. The number of piperidine rings is 1. The van der Waals surface area contributed by atoms with Gasteiger partial charge in [0, 0.05) is 42.8 Å². The van der Waals surface area contributed by atoms with E-state index in [9.17, 15) is 14.7 Å². The van der Waals surface area contributed by atoms with Gasteiger partial charge in [0.05, 0.1) is 24.4 Å². The number of hydrogen-bond donors (Lipinski definition) is 3. The van der Waals surface area contributed by atoms with Crippen LogP contribution in [-0.4, -0.2) is 70.0 Å². The van der Waals surface area contributed by atoms with E-state index < -0.39 is 12.1 Å². The highest BCUT2D eigenvalue weighted by Gasteiger charge is 2.41. The number of carbonyl (C=O) groups is 2. The van der Waals surface area contributed by atoms with Crippen LogP contribution in [0, 0.1) is 17.8 Å². The van der Waals surface area contributed by atoms with Gasteiger partial charge in [-0.15, -0.1) is 0 Å². The summed E-state index contributed by atoms with van der Waals surface area (Å²) in [5.41, 5.74) is 2.91. The van der Waals surface area contributed by atoms with Crippen molar-refractivity contribution in [1.29, 1.82) is 0 Å². The van der Waals surface area contributed by atoms with E-state index in [1.54, 1.807) is 11.1 Å². The monoisotopic (exact) mass is 583 g/mol. The zero-order chi connectivity index (χ0) is 30.8. The number of aryl methyl sites for hydroxylation is 1. The molecular formula is C33H53N5O4. The second kappa shape index (κ2) is 16.1. The van der Waals surface area contributed by atoms with Gasteiger partial charge in [-0.25, -0.2) is 0 Å². The number of nitrogens with one attached hydrogen (secondary N) is 2. The van der Waals surface area contributed by atoms with Gasteiger partial charge < -0.3 is 25.4 Å². The highest BCUT2D eigenvalue weighted by Crippen LogP contribution is 2.32. The van der Waals surface area contributed by atoms with Crippen LogP contribution in [0.4, 0.5) is 0 Å². The number of nitrogens with zero attached hydrogens (tertiary/aromatic N) is 3. The van der Waals surface area contributed by atoms with Gasteiger partial charge in [0.1, 0.15) is 11.8 Å². The summed E-state index contributed by atoms with van der Waals surface area (Å²) < 4.78 is 8.36. The fourth-order valence-corrected chi connectivity index (χ4v) is 5.75. The molecule has 4 unspecified atom stereocenters. The van der Waals surface area contributed by atoms with Gasteiger partial charge >= 0.3 is 0 Å². The minimum absolute atomic E-state index is 0.0850. The van der Waals surface area contributed by atoms with Crippen LogP contribution in [0.1, 0.15) is 85.8 Å². The van der Waals surface area contributed by atoms with Gasteiger partial charge in [-0.05, 0) is 70.2 Å². The van der Waals surface area contributed by atoms with E-state index in [4.69, 9.17) is 4.74 Å². The average Bonchev–Trinajstić information content (AvgIpc) is 3.64. The molecule has 4 atom stereocenters. The van der Waals surface area contributed by atoms with Crippen molar-refractivity contribution in [1.82, 2.24) is 25.3 Å². The third-order valence-electron chi connectivity index (χ3n) is 8.65. The first-order chi connectivity index (χ1) is 20.2. The molecule has 0 saturated carbocycles. The molecule has 2 aliphatic rings. The minimum atomic E-state index is -0.703. The van der Waals surface area contributed by atoms with Crippen molar-refractivity contribution in [3.63, 3.8) is 0 Å². The van der Waals surface area contributed by atoms with Gasteiger partial charge in [0.25, 0.3) is 0 Å². The summed E-state index contributed by atoms with van der Waals surface area (Å²) in [7, 11) is 0. The first kappa shape index (κ1) is 33.6. The predicted octanol–water partition coefficient (Wildman–Crippen LogP) is 4.80. The molecule has 1 aromatic heterocycles. The number of aromatic nitrogens is 2. The zero-order valence-electron chi connectivity index (χ0n) is 26.7. The van der Waals surface area contributed by atoms with E-state index in [-0.39, 0.29) is 42.7 Å². The van der Waals surface area contributed by atoms with Crippen molar-refractivity contribution in [2.75, 3.05) is 26.2 Å². The van der Waals surface area contributed by atoms with Crippen LogP contribution >= 0.6 is 0 Å². The van der Waals surface area contributed by atoms with Gasteiger partial charge in [-0.2, -0.15) is 5.10 Å². The van der Waals surface area contributed by atoms with E-state index in [1.165, 1.54) is 0 Å². The summed E-state index contributed by atoms with van der Waals surface area (Å²) in [4.78, 5) is 28.1. The topological polar surface area (TPSA) is 109 Å². The minimum Gasteiger partial charge on any atom is -0.493 e. The summed E-state index contributed by atoms with van der Waals surface area (Å²) in [6, 6.07) is 7.07. The summed E-state index contributed by atoms with van der Waals surface area (Å²) in [5, 5.41) is 21.3. The Morgan fingerprint density at radius 1 is 1.14 bits per heavy atom. The Kier molecular flexibility index (Phi) is 12.9. The highest BCUT2D eigenvalue weighted by molar-refractivity contribution is 5.89. The van der Waals surface area contributed by atoms with Gasteiger partial charge in [0.2, 0.25) is 11.8 Å². The highest BCUT2D eigenvalue weighted by atomic mass is 16.5. The van der Waals surface area contributed by atoms with Crippen LogP contribution in [-0.2, 0) is 16.1 Å². The molecule has 0 radical (unpaired) electrons. The molecule has 9 heteroatoms. The van der Waals surface area contributed by atoms with Crippen molar-refractivity contribution >= 4 is 11.8 Å². The first-order valence-corrected chi connectivity index (χ1v) is 16.0. The van der Waals surface area contributed by atoms with E-state index >= 15 is 0 Å². The fourth-order valence-electron chi connectivity index (χ4n) is 5.75. The lowest BCUT2D eigenvalue weighted by Gasteiger charge is -2.29. The Morgan fingerprint density at radius 2 is 1.86 bits per heavy atom. The quantitative estimate of drug-likeness (QED) is 0.351. The second-order valence-corrected chi connectivity index (χ2v) is 11.8. The molecule has 3 heterocycles. The number of hydrogen-bond acceptors (Lipinski definition) is 6. The Morgan fingerprint density at radius 3 is 2.52 bits per heavy atom. The zero-order valence-corrected chi connectivity index (χ0v) is 26.7. The second-order valence-electron chi connectivity index (χ2n) is 11.8. The van der Waals surface area contributed by atoms with Crippen LogP contribution < -0.4 is 15.4 Å². The lowest BCUT2D eigenvalue weighted by Crippen LogP contribution is -2.48. The fraction of sp³-hybridized carbons (Fsp3) is 0.667. The molecule has 2 aromatic rings. The maximum Gasteiger partial charge on any atom is 0.243 e. The van der Waals surface area contributed by atoms with Crippen LogP contribution in [0.15, 0.2) is 30.5 Å². The SMILES string of the molecule is CC.CCn1nccc1-c1ccc(C(C)NC(=O)C2CC(O)CN2C(=O)C(C)C(C)C)c(OCCC2CCNCC2)c1. The number of benzene rings is 1. The molecule has 2 amide bonds. The van der Waals surface area contributed by atoms with Crippen LogP contribution in [0.2, 0.25) is 0 Å². The molecule has 2 aliphatic heterocycles. The Labute approximate surface area is 252 Å². The summed E-state index contributed by atoms with van der Waals surface area (Å²) in [6.45, 7) is 17.6. The number of carbonyl (C=O) groups excluding carboxylic acids is 2. The number of amides is 2. The van der Waals surface area contributed by atoms with E-state index in [0.717, 1.165) is 61.5 Å². The molecule has 9 nitrogen and oxygen atoms in total. The lowest BCUT2D eigenvalue weighted by atomic mass is 9.95. The molecule has 2 fully saturated rings. The maximum absolute atomic E-state index is 13.5. The molecule has 234 valence electrons. The Bertz CT molecular complexity index is 1140. The number of aliphatic hydroxyl groups is 1. The number of rotatable bonds is 11. The summed E-state index contributed by atoms with van der Waals surface area (Å²) in [5.74, 6) is 0.996. The van der Waals surface area contributed by atoms with Crippen LogP contribution in [0.25, 0.3) is 11.3 Å². The maximum atomic E-state index is 13.5. The van der Waals surface area contributed by atoms with E-state index in [2.05, 4.69) is 22.7 Å². The molecule has 4 rings (SSSR count). The molecule has 3 N–H and O–H groups in total. The van der Waals surface area contributed by atoms with Crippen molar-refractivity contribution < 1.29 is 19.4 Å². The normalized spacial score (nSPS) is 20.5. The molecule has 1 aromatic carbocycles. The van der Waals surface area contributed by atoms with Crippen molar-refractivity contribution in [2.45, 2.75) is 98.9 Å². The molecule has 0 aliphatic carbocycles. The van der Waals surface area contributed by atoms with Crippen molar-refractivity contribution in [2.24, 2.45) is 17.8 Å². The summed E-state index contributed by atoms with van der Waals surface area (Å²) in [6.07, 6.45) is 4.66. The van der Waals surface area contributed by atoms with Gasteiger partial charge in [0.15, 0.2) is 0 Å². The van der Waals surface area contributed by atoms with Gasteiger partial charge in [-0.3, -0.25) is 14.3 Å². The molecular weight excluding hydrogens is 530 g/mol. The molecule has 42 heavy (non-hydrogen) atoms. The van der Waals surface area contributed by atoms with E-state index in [1.807, 2.05) is 70.5 Å². The number of β-amino-alcohol motifs (C(OH)–C–C–N with tert-alkyl or cyclic N) is 1. The smallest absolute Gasteiger partial charge is 0.243 e. The summed E-state index contributed by atoms with van der Waals surface area (Å²) >= 11 is 0. The van der Waals surface area contributed by atoms with Crippen LogP contribution in [0.3, 0.4) is 0 Å². The Balaban J connectivity index is 0.00000237. The molecule has 2 saturated heterocycles. The largest absolute Gasteiger partial charge is 0.493 e. The third kappa shape index (κ3) is 8.34.